The van der Waals surface area contributed by atoms with E-state index in [1.807, 2.05) is 54.6 Å². The van der Waals surface area contributed by atoms with Crippen LogP contribution in [0.5, 0.6) is 23.1 Å². The van der Waals surface area contributed by atoms with Gasteiger partial charge in [-0.2, -0.15) is 0 Å². The number of nitrogens with zero attached hydrogens (tertiary/aromatic N) is 1. The third-order valence-electron chi connectivity index (χ3n) is 5.53. The molecule has 4 aromatic rings. The lowest BCUT2D eigenvalue weighted by atomic mass is 9.63. The van der Waals surface area contributed by atoms with E-state index in [-0.39, 0.29) is 0 Å². The van der Waals surface area contributed by atoms with Gasteiger partial charge in [0.25, 0.3) is 0 Å². The first-order valence-corrected chi connectivity index (χ1v) is 9.46. The average molecular weight is 384 g/mol. The molecule has 4 heteroatoms. The monoisotopic (exact) mass is 383 g/mol. The minimum Gasteiger partial charge on any atom is -0.457 e. The summed E-state index contributed by atoms with van der Waals surface area (Å²) in [7, 11) is 0. The normalized spacial score (nSPS) is 18.2. The van der Waals surface area contributed by atoms with Gasteiger partial charge in [0.05, 0.1) is 11.0 Å². The fourth-order valence-corrected chi connectivity index (χ4v) is 4.59. The Bertz CT molecular complexity index is 1170. The molecule has 1 aromatic heterocycles. The molecule has 1 atom stereocenters. The highest BCUT2D eigenvalue weighted by Gasteiger charge is 2.51. The first-order chi connectivity index (χ1) is 13.8. The van der Waals surface area contributed by atoms with Crippen LogP contribution in [0.15, 0.2) is 85.1 Å². The Kier molecular flexibility index (Phi) is 3.15. The summed E-state index contributed by atoms with van der Waals surface area (Å²) in [5.41, 5.74) is 3.56. The summed E-state index contributed by atoms with van der Waals surface area (Å²) >= 11 is 6.22. The van der Waals surface area contributed by atoms with Crippen molar-refractivity contribution in [3.05, 3.63) is 112 Å². The number of halogens is 1. The molecule has 0 aliphatic carbocycles. The SMILES string of the molecule is Clc1ccc(C23c4ccccc4Oc4cccc(c42)Oc2ncccc23)cc1. The van der Waals surface area contributed by atoms with Crippen molar-refractivity contribution in [2.75, 3.05) is 0 Å². The summed E-state index contributed by atoms with van der Waals surface area (Å²) in [5, 5.41) is 0.701. The number of hydrogen-bond acceptors (Lipinski definition) is 3. The summed E-state index contributed by atoms with van der Waals surface area (Å²) in [5.74, 6) is 2.99. The molecule has 6 rings (SSSR count). The average Bonchev–Trinajstić information content (AvgIpc) is 2.74. The molecule has 2 aliphatic rings. The zero-order valence-electron chi connectivity index (χ0n) is 14.7. The molecular formula is C24H14ClNO2. The second-order valence-electron chi connectivity index (χ2n) is 6.94. The van der Waals surface area contributed by atoms with Gasteiger partial charge < -0.3 is 9.47 Å². The number of rotatable bonds is 1. The van der Waals surface area contributed by atoms with Crippen LogP contribution in [0.2, 0.25) is 5.02 Å². The van der Waals surface area contributed by atoms with Gasteiger partial charge in [0, 0.05) is 22.3 Å². The maximum atomic E-state index is 6.28. The van der Waals surface area contributed by atoms with Gasteiger partial charge in [-0.1, -0.05) is 54.1 Å². The summed E-state index contributed by atoms with van der Waals surface area (Å²) in [6, 6.07) is 26.1. The van der Waals surface area contributed by atoms with E-state index in [0.717, 1.165) is 39.5 Å². The zero-order chi connectivity index (χ0) is 18.7. The molecule has 0 amide bonds. The predicted molar refractivity (Wildman–Crippen MR) is 108 cm³/mol. The largest absolute Gasteiger partial charge is 0.457 e. The van der Waals surface area contributed by atoms with Gasteiger partial charge >= 0.3 is 0 Å². The van der Waals surface area contributed by atoms with Crippen molar-refractivity contribution in [1.29, 1.82) is 0 Å². The van der Waals surface area contributed by atoms with Gasteiger partial charge in [0.2, 0.25) is 5.88 Å². The molecular weight excluding hydrogens is 370 g/mol. The number of hydrogen-bond donors (Lipinski definition) is 0. The van der Waals surface area contributed by atoms with E-state index in [0.29, 0.717) is 10.9 Å². The third-order valence-corrected chi connectivity index (χ3v) is 5.78. The van der Waals surface area contributed by atoms with Crippen LogP contribution in [-0.4, -0.2) is 4.98 Å². The first kappa shape index (κ1) is 15.7. The standard InChI is InChI=1S/C24H14ClNO2/c25-16-12-10-15(11-13-16)24-17-5-1-2-7-19(17)27-20-8-3-9-21(22(20)24)28-23-18(24)6-4-14-26-23/h1-14H. The Balaban J connectivity index is 1.84. The van der Waals surface area contributed by atoms with Gasteiger partial charge in [-0.15, -0.1) is 0 Å². The van der Waals surface area contributed by atoms with Crippen LogP contribution in [0.4, 0.5) is 0 Å². The van der Waals surface area contributed by atoms with E-state index in [1.54, 1.807) is 6.20 Å². The van der Waals surface area contributed by atoms with Crippen molar-refractivity contribution in [2.45, 2.75) is 5.41 Å². The number of fused-ring (bicyclic) bond motifs is 4. The maximum Gasteiger partial charge on any atom is 0.224 e. The highest BCUT2D eigenvalue weighted by molar-refractivity contribution is 6.30. The van der Waals surface area contributed by atoms with Gasteiger partial charge in [0.1, 0.15) is 17.2 Å². The van der Waals surface area contributed by atoms with Crippen LogP contribution in [0.1, 0.15) is 22.3 Å². The van der Waals surface area contributed by atoms with Crippen LogP contribution < -0.4 is 9.47 Å². The molecule has 134 valence electrons. The van der Waals surface area contributed by atoms with Crippen molar-refractivity contribution in [3.8, 4) is 23.1 Å². The number of benzene rings is 3. The highest BCUT2D eigenvalue weighted by atomic mass is 35.5. The number of ether oxygens (including phenoxy) is 2. The molecule has 0 fully saturated rings. The Hall–Kier alpha value is -3.30. The summed E-state index contributed by atoms with van der Waals surface area (Å²) in [6.07, 6.45) is 1.76. The molecule has 3 aromatic carbocycles. The lowest BCUT2D eigenvalue weighted by Crippen LogP contribution is -2.37. The van der Waals surface area contributed by atoms with Crippen LogP contribution in [0.3, 0.4) is 0 Å². The first-order valence-electron chi connectivity index (χ1n) is 9.09. The molecule has 2 aliphatic heterocycles. The minimum atomic E-state index is -0.590. The molecule has 28 heavy (non-hydrogen) atoms. The van der Waals surface area contributed by atoms with E-state index in [9.17, 15) is 0 Å². The minimum absolute atomic E-state index is 0.590. The summed E-state index contributed by atoms with van der Waals surface area (Å²) < 4.78 is 12.5. The number of aromatic nitrogens is 1. The van der Waals surface area contributed by atoms with Crippen molar-refractivity contribution >= 4 is 11.6 Å². The van der Waals surface area contributed by atoms with Crippen LogP contribution in [0, 0.1) is 0 Å². The number of para-hydroxylation sites is 1. The molecule has 3 nitrogen and oxygen atoms in total. The highest BCUT2D eigenvalue weighted by Crippen LogP contribution is 2.61. The fraction of sp³-hybridized carbons (Fsp3) is 0.0417. The smallest absolute Gasteiger partial charge is 0.224 e. The van der Waals surface area contributed by atoms with Crippen LogP contribution >= 0.6 is 11.6 Å². The van der Waals surface area contributed by atoms with Crippen molar-refractivity contribution < 1.29 is 9.47 Å². The van der Waals surface area contributed by atoms with E-state index < -0.39 is 5.41 Å². The molecule has 1 unspecified atom stereocenters. The molecule has 0 N–H and O–H groups in total. The Labute approximate surface area is 167 Å². The molecule has 0 radical (unpaired) electrons. The van der Waals surface area contributed by atoms with Crippen molar-refractivity contribution in [2.24, 2.45) is 0 Å². The van der Waals surface area contributed by atoms with Crippen molar-refractivity contribution in [3.63, 3.8) is 0 Å². The lowest BCUT2D eigenvalue weighted by molar-refractivity contribution is 0.376. The Morgan fingerprint density at radius 3 is 2.25 bits per heavy atom. The fourth-order valence-electron chi connectivity index (χ4n) is 4.47. The maximum absolute atomic E-state index is 6.28. The van der Waals surface area contributed by atoms with Crippen molar-refractivity contribution in [1.82, 2.24) is 4.98 Å². The lowest BCUT2D eigenvalue weighted by Gasteiger charge is -2.44. The van der Waals surface area contributed by atoms with E-state index >= 15 is 0 Å². The van der Waals surface area contributed by atoms with Crippen LogP contribution in [0.25, 0.3) is 0 Å². The van der Waals surface area contributed by atoms with Gasteiger partial charge in [-0.05, 0) is 42.0 Å². The van der Waals surface area contributed by atoms with Crippen LogP contribution in [-0.2, 0) is 5.41 Å². The molecule has 0 saturated carbocycles. The van der Waals surface area contributed by atoms with E-state index in [2.05, 4.69) is 29.2 Å². The Morgan fingerprint density at radius 2 is 1.39 bits per heavy atom. The Morgan fingerprint density at radius 1 is 0.679 bits per heavy atom. The summed E-state index contributed by atoms with van der Waals surface area (Å²) in [6.45, 7) is 0. The zero-order valence-corrected chi connectivity index (χ0v) is 15.5. The van der Waals surface area contributed by atoms with E-state index in [1.165, 1.54) is 0 Å². The topological polar surface area (TPSA) is 31.4 Å². The van der Waals surface area contributed by atoms with E-state index in [4.69, 9.17) is 21.1 Å². The molecule has 0 bridgehead atoms. The molecule has 0 saturated heterocycles. The van der Waals surface area contributed by atoms with Gasteiger partial charge in [-0.3, -0.25) is 0 Å². The second-order valence-corrected chi connectivity index (χ2v) is 7.38. The third kappa shape index (κ3) is 1.92. The van der Waals surface area contributed by atoms with Gasteiger partial charge in [-0.25, -0.2) is 4.98 Å². The van der Waals surface area contributed by atoms with Gasteiger partial charge in [0.15, 0.2) is 0 Å². The summed E-state index contributed by atoms with van der Waals surface area (Å²) in [4.78, 5) is 4.54. The molecule has 0 spiro atoms. The number of pyridine rings is 1. The second kappa shape index (κ2) is 5.60. The molecule has 3 heterocycles. The predicted octanol–water partition coefficient (Wildman–Crippen LogP) is 6.33. The quantitative estimate of drug-likeness (QED) is 0.332.